The number of furan rings is 1. The van der Waals surface area contributed by atoms with E-state index in [2.05, 4.69) is 15.9 Å². The standard InChI is InChI=1S/C11H2BrF5O2/c12-4-2-1-3(19-4)11(18)5-6(13)8(15)10(17)9(16)7(5)14/h1-2H. The monoisotopic (exact) mass is 340 g/mol. The summed E-state index contributed by atoms with van der Waals surface area (Å²) in [4.78, 5) is 11.7. The summed E-state index contributed by atoms with van der Waals surface area (Å²) in [5, 5.41) is 0. The Hall–Kier alpha value is -1.70. The molecule has 0 amide bonds. The zero-order chi connectivity index (χ0) is 14.3. The van der Waals surface area contributed by atoms with Crippen LogP contribution in [0, 0.1) is 29.1 Å². The van der Waals surface area contributed by atoms with Gasteiger partial charge in [0.25, 0.3) is 0 Å². The molecule has 2 nitrogen and oxygen atoms in total. The van der Waals surface area contributed by atoms with Gasteiger partial charge < -0.3 is 4.42 Å². The number of rotatable bonds is 2. The van der Waals surface area contributed by atoms with Gasteiger partial charge >= 0.3 is 0 Å². The van der Waals surface area contributed by atoms with E-state index in [0.29, 0.717) is 0 Å². The Balaban J connectivity index is 2.66. The Bertz CT molecular complexity index is 651. The maximum atomic E-state index is 13.4. The minimum absolute atomic E-state index is 0.0692. The van der Waals surface area contributed by atoms with Crippen LogP contribution in [0.4, 0.5) is 22.0 Å². The van der Waals surface area contributed by atoms with Crippen LogP contribution in [0.3, 0.4) is 0 Å². The molecule has 2 aromatic rings. The minimum atomic E-state index is -2.33. The Morgan fingerprint density at radius 2 is 1.37 bits per heavy atom. The zero-order valence-corrected chi connectivity index (χ0v) is 10.3. The topological polar surface area (TPSA) is 30.2 Å². The second-order valence-corrected chi connectivity index (χ2v) is 4.16. The molecule has 0 radical (unpaired) electrons. The van der Waals surface area contributed by atoms with Crippen LogP contribution >= 0.6 is 15.9 Å². The quantitative estimate of drug-likeness (QED) is 0.358. The molecule has 0 spiro atoms. The number of hydrogen-bond acceptors (Lipinski definition) is 2. The van der Waals surface area contributed by atoms with Crippen LogP contribution in [0.1, 0.15) is 16.1 Å². The average molecular weight is 341 g/mol. The van der Waals surface area contributed by atoms with Gasteiger partial charge in [-0.15, -0.1) is 0 Å². The van der Waals surface area contributed by atoms with E-state index >= 15 is 0 Å². The predicted octanol–water partition coefficient (Wildman–Crippen LogP) is 3.97. The molecular formula is C11H2BrF5O2. The number of halogens is 6. The zero-order valence-electron chi connectivity index (χ0n) is 8.74. The summed E-state index contributed by atoms with van der Waals surface area (Å²) in [6.45, 7) is 0. The van der Waals surface area contributed by atoms with Crippen LogP contribution in [-0.4, -0.2) is 5.78 Å². The van der Waals surface area contributed by atoms with Crippen molar-refractivity contribution in [3.05, 3.63) is 57.2 Å². The highest BCUT2D eigenvalue weighted by molar-refractivity contribution is 9.10. The normalized spacial score (nSPS) is 10.8. The third-order valence-electron chi connectivity index (χ3n) is 2.23. The maximum Gasteiger partial charge on any atom is 0.234 e. The van der Waals surface area contributed by atoms with Gasteiger partial charge in [0, 0.05) is 0 Å². The van der Waals surface area contributed by atoms with Crippen LogP contribution in [0.2, 0.25) is 0 Å². The number of benzene rings is 1. The van der Waals surface area contributed by atoms with Crippen molar-refractivity contribution >= 4 is 21.7 Å². The number of carbonyl (C=O) groups excluding carboxylic acids is 1. The molecule has 0 aliphatic rings. The lowest BCUT2D eigenvalue weighted by atomic mass is 10.1. The number of ketones is 1. The van der Waals surface area contributed by atoms with E-state index in [1.165, 1.54) is 6.07 Å². The summed E-state index contributed by atoms with van der Waals surface area (Å²) in [5.74, 6) is -13.1. The van der Waals surface area contributed by atoms with Crippen LogP contribution < -0.4 is 0 Å². The molecule has 8 heteroatoms. The highest BCUT2D eigenvalue weighted by atomic mass is 79.9. The lowest BCUT2D eigenvalue weighted by molar-refractivity contribution is 0.0996. The lowest BCUT2D eigenvalue weighted by Gasteiger charge is -2.05. The van der Waals surface area contributed by atoms with Crippen molar-refractivity contribution in [2.24, 2.45) is 0 Å². The van der Waals surface area contributed by atoms with Crippen molar-refractivity contribution in [3.63, 3.8) is 0 Å². The summed E-state index contributed by atoms with van der Waals surface area (Å²) in [6.07, 6.45) is 0. The van der Waals surface area contributed by atoms with Gasteiger partial charge in [-0.2, -0.15) is 0 Å². The average Bonchev–Trinajstić information content (AvgIpc) is 2.81. The summed E-state index contributed by atoms with van der Waals surface area (Å²) in [5.41, 5.74) is -1.56. The van der Waals surface area contributed by atoms with E-state index in [9.17, 15) is 26.7 Å². The van der Waals surface area contributed by atoms with E-state index in [1.807, 2.05) is 0 Å². The van der Waals surface area contributed by atoms with Gasteiger partial charge in [0.2, 0.25) is 11.6 Å². The first-order chi connectivity index (χ1) is 8.84. The molecule has 0 fully saturated rings. The van der Waals surface area contributed by atoms with Gasteiger partial charge in [0.1, 0.15) is 5.56 Å². The van der Waals surface area contributed by atoms with Crippen LogP contribution in [0.5, 0.6) is 0 Å². The van der Waals surface area contributed by atoms with Crippen LogP contribution in [0.25, 0.3) is 0 Å². The van der Waals surface area contributed by atoms with E-state index in [-0.39, 0.29) is 4.67 Å². The molecule has 1 aromatic heterocycles. The molecule has 1 heterocycles. The minimum Gasteiger partial charge on any atom is -0.446 e. The first-order valence-electron chi connectivity index (χ1n) is 4.66. The molecule has 0 bridgehead atoms. The predicted molar refractivity (Wildman–Crippen MR) is 56.1 cm³/mol. The van der Waals surface area contributed by atoms with Gasteiger partial charge in [0.15, 0.2) is 33.7 Å². The summed E-state index contributed by atoms with van der Waals surface area (Å²) in [7, 11) is 0. The number of hydrogen-bond donors (Lipinski definition) is 0. The summed E-state index contributed by atoms with van der Waals surface area (Å²) in [6, 6.07) is 2.27. The van der Waals surface area contributed by atoms with Crippen molar-refractivity contribution in [3.8, 4) is 0 Å². The molecule has 0 N–H and O–H groups in total. The molecule has 100 valence electrons. The molecular weight excluding hydrogens is 339 g/mol. The van der Waals surface area contributed by atoms with Crippen molar-refractivity contribution in [2.45, 2.75) is 0 Å². The molecule has 1 aromatic carbocycles. The highest BCUT2D eigenvalue weighted by Crippen LogP contribution is 2.26. The Morgan fingerprint density at radius 1 is 0.895 bits per heavy atom. The fraction of sp³-hybridized carbons (Fsp3) is 0. The molecule has 0 aliphatic carbocycles. The van der Waals surface area contributed by atoms with Gasteiger partial charge in [-0.25, -0.2) is 22.0 Å². The first-order valence-corrected chi connectivity index (χ1v) is 5.45. The Labute approximate surface area is 111 Å². The van der Waals surface area contributed by atoms with Crippen LogP contribution in [-0.2, 0) is 0 Å². The third-order valence-corrected chi connectivity index (χ3v) is 2.66. The molecule has 0 saturated carbocycles. The lowest BCUT2D eigenvalue weighted by Crippen LogP contribution is -2.13. The fourth-order valence-corrected chi connectivity index (χ4v) is 1.67. The van der Waals surface area contributed by atoms with Gasteiger partial charge in [0.05, 0.1) is 0 Å². The largest absolute Gasteiger partial charge is 0.446 e. The smallest absolute Gasteiger partial charge is 0.234 e. The van der Waals surface area contributed by atoms with Crippen LogP contribution in [0.15, 0.2) is 21.2 Å². The van der Waals surface area contributed by atoms with Crippen molar-refractivity contribution in [1.82, 2.24) is 0 Å². The second kappa shape index (κ2) is 4.76. The molecule has 0 atom stereocenters. The highest BCUT2D eigenvalue weighted by Gasteiger charge is 2.31. The summed E-state index contributed by atoms with van der Waals surface area (Å²) < 4.78 is 70.1. The van der Waals surface area contributed by atoms with Gasteiger partial charge in [-0.05, 0) is 28.1 Å². The SMILES string of the molecule is O=C(c1ccc(Br)o1)c1c(F)c(F)c(F)c(F)c1F. The first kappa shape index (κ1) is 13.7. The van der Waals surface area contributed by atoms with Crippen molar-refractivity contribution < 1.29 is 31.2 Å². The van der Waals surface area contributed by atoms with Gasteiger partial charge in [-0.3, -0.25) is 4.79 Å². The second-order valence-electron chi connectivity index (χ2n) is 3.38. The summed E-state index contributed by atoms with van der Waals surface area (Å²) >= 11 is 2.84. The molecule has 0 unspecified atom stereocenters. The Morgan fingerprint density at radius 3 is 1.79 bits per heavy atom. The fourth-order valence-electron chi connectivity index (χ4n) is 1.36. The van der Waals surface area contributed by atoms with E-state index in [4.69, 9.17) is 4.42 Å². The Kier molecular flexibility index (Phi) is 3.44. The van der Waals surface area contributed by atoms with E-state index in [1.54, 1.807) is 0 Å². The third kappa shape index (κ3) is 2.16. The molecule has 0 aliphatic heterocycles. The van der Waals surface area contributed by atoms with E-state index in [0.717, 1.165) is 6.07 Å². The molecule has 0 saturated heterocycles. The van der Waals surface area contributed by atoms with Crippen molar-refractivity contribution in [2.75, 3.05) is 0 Å². The molecule has 19 heavy (non-hydrogen) atoms. The number of carbonyl (C=O) groups is 1. The van der Waals surface area contributed by atoms with Gasteiger partial charge in [-0.1, -0.05) is 0 Å². The van der Waals surface area contributed by atoms with Crippen molar-refractivity contribution in [1.29, 1.82) is 0 Å². The maximum absolute atomic E-state index is 13.4. The molecule has 2 rings (SSSR count). The van der Waals surface area contributed by atoms with E-state index < -0.39 is 46.2 Å².